The molecular weight excluding hydrogens is 260 g/mol. The van der Waals surface area contributed by atoms with Crippen LogP contribution in [-0.2, 0) is 4.79 Å². The van der Waals surface area contributed by atoms with Gasteiger partial charge in [-0.15, -0.1) is 4.98 Å². The molecule has 1 aromatic heterocycles. The molecule has 7 heteroatoms. The van der Waals surface area contributed by atoms with Crippen molar-refractivity contribution in [1.29, 1.82) is 0 Å². The molecule has 0 saturated carbocycles. The minimum Gasteiger partial charge on any atom is -0.467 e. The molecule has 1 aliphatic heterocycles. The second-order valence-corrected chi connectivity index (χ2v) is 4.18. The van der Waals surface area contributed by atoms with Gasteiger partial charge in [-0.3, -0.25) is 4.79 Å². The van der Waals surface area contributed by atoms with Crippen molar-refractivity contribution in [3.8, 4) is 12.0 Å². The Morgan fingerprint density at radius 1 is 1.05 bits per heavy atom. The number of carbonyl (C=O) groups excluding carboxylic acids is 1. The van der Waals surface area contributed by atoms with Gasteiger partial charge in [0, 0.05) is 5.69 Å². The van der Waals surface area contributed by atoms with Gasteiger partial charge >= 0.3 is 12.0 Å². The third-order valence-corrected chi connectivity index (χ3v) is 3.03. The summed E-state index contributed by atoms with van der Waals surface area (Å²) in [6.07, 6.45) is 0. The van der Waals surface area contributed by atoms with Crippen LogP contribution in [-0.4, -0.2) is 35.1 Å². The summed E-state index contributed by atoms with van der Waals surface area (Å²) in [7, 11) is 2.89. The van der Waals surface area contributed by atoms with Crippen molar-refractivity contribution in [3.05, 3.63) is 35.7 Å². The first-order valence-electron chi connectivity index (χ1n) is 5.96. The third-order valence-electron chi connectivity index (χ3n) is 3.03. The summed E-state index contributed by atoms with van der Waals surface area (Å²) in [4.78, 5) is 24.4. The Labute approximate surface area is 115 Å². The highest BCUT2D eigenvalue weighted by atomic mass is 16.5. The molecule has 20 heavy (non-hydrogen) atoms. The van der Waals surface area contributed by atoms with Gasteiger partial charge in [-0.05, 0) is 11.6 Å². The average Bonchev–Trinajstić information content (AvgIpc) is 2.82. The normalized spacial score (nSPS) is 16.5. The topological polar surface area (TPSA) is 86.2 Å². The van der Waals surface area contributed by atoms with E-state index in [2.05, 4.69) is 20.3 Å². The van der Waals surface area contributed by atoms with E-state index < -0.39 is 5.92 Å². The van der Waals surface area contributed by atoms with Crippen LogP contribution in [0.3, 0.4) is 0 Å². The molecule has 3 rings (SSSR count). The quantitative estimate of drug-likeness (QED) is 0.896. The number of carbonyl (C=O) groups is 1. The van der Waals surface area contributed by atoms with Gasteiger partial charge in [-0.1, -0.05) is 18.2 Å². The van der Waals surface area contributed by atoms with Gasteiger partial charge < -0.3 is 14.8 Å². The highest BCUT2D eigenvalue weighted by Gasteiger charge is 2.34. The van der Waals surface area contributed by atoms with Crippen molar-refractivity contribution in [3.63, 3.8) is 0 Å². The zero-order chi connectivity index (χ0) is 14.1. The van der Waals surface area contributed by atoms with Gasteiger partial charge in [-0.2, -0.15) is 9.97 Å². The van der Waals surface area contributed by atoms with Crippen LogP contribution in [0.15, 0.2) is 24.3 Å². The lowest BCUT2D eigenvalue weighted by molar-refractivity contribution is -0.116. The van der Waals surface area contributed by atoms with Crippen LogP contribution in [0, 0.1) is 0 Å². The van der Waals surface area contributed by atoms with Crippen LogP contribution >= 0.6 is 0 Å². The summed E-state index contributed by atoms with van der Waals surface area (Å²) >= 11 is 0. The number of methoxy groups -OCH3 is 2. The fraction of sp³-hybridized carbons (Fsp3) is 0.231. The van der Waals surface area contributed by atoms with Crippen molar-refractivity contribution in [2.75, 3.05) is 19.5 Å². The van der Waals surface area contributed by atoms with E-state index in [1.807, 2.05) is 24.3 Å². The second kappa shape index (κ2) is 4.76. The average molecular weight is 272 g/mol. The molecule has 0 radical (unpaired) electrons. The molecule has 1 amide bonds. The first kappa shape index (κ1) is 12.3. The van der Waals surface area contributed by atoms with Crippen molar-refractivity contribution >= 4 is 11.6 Å². The zero-order valence-electron chi connectivity index (χ0n) is 11.0. The molecule has 2 heterocycles. The molecule has 102 valence electrons. The highest BCUT2D eigenvalue weighted by Crippen LogP contribution is 2.35. The molecule has 0 fully saturated rings. The number of anilines is 1. The Morgan fingerprint density at radius 3 is 2.35 bits per heavy atom. The Hall–Kier alpha value is -2.70. The van der Waals surface area contributed by atoms with E-state index in [1.165, 1.54) is 14.2 Å². The third kappa shape index (κ3) is 1.93. The molecule has 7 nitrogen and oxygen atoms in total. The lowest BCUT2D eigenvalue weighted by Crippen LogP contribution is -2.17. The molecule has 1 aliphatic rings. The Bertz CT molecular complexity index is 652. The molecule has 0 aliphatic carbocycles. The van der Waals surface area contributed by atoms with Gasteiger partial charge in [0.25, 0.3) is 0 Å². The van der Waals surface area contributed by atoms with Crippen LogP contribution in [0.4, 0.5) is 5.69 Å². The standard InChI is InChI=1S/C13H12N4O3/c1-19-12-15-10(16-13(17-12)20-2)9-7-5-3-4-6-8(7)14-11(9)18/h3-6,9H,1-2H3,(H,14,18). The predicted octanol–water partition coefficient (Wildman–Crippen LogP) is 0.973. The van der Waals surface area contributed by atoms with Crippen LogP contribution in [0.1, 0.15) is 17.3 Å². The summed E-state index contributed by atoms with van der Waals surface area (Å²) in [6.45, 7) is 0. The van der Waals surface area contributed by atoms with E-state index in [0.717, 1.165) is 11.3 Å². The first-order chi connectivity index (χ1) is 9.72. The number of hydrogen-bond acceptors (Lipinski definition) is 6. The maximum Gasteiger partial charge on any atom is 0.322 e. The molecular formula is C13H12N4O3. The molecule has 0 spiro atoms. The van der Waals surface area contributed by atoms with Gasteiger partial charge in [0.05, 0.1) is 14.2 Å². The number of rotatable bonds is 3. The van der Waals surface area contributed by atoms with E-state index in [9.17, 15) is 4.79 Å². The summed E-state index contributed by atoms with van der Waals surface area (Å²) in [5.74, 6) is -0.463. The Morgan fingerprint density at radius 2 is 1.70 bits per heavy atom. The van der Waals surface area contributed by atoms with Crippen molar-refractivity contribution < 1.29 is 14.3 Å². The van der Waals surface area contributed by atoms with Crippen LogP contribution in [0.2, 0.25) is 0 Å². The minimum absolute atomic E-state index is 0.115. The summed E-state index contributed by atoms with van der Waals surface area (Å²) < 4.78 is 10.0. The van der Waals surface area contributed by atoms with E-state index >= 15 is 0 Å². The van der Waals surface area contributed by atoms with Crippen LogP contribution < -0.4 is 14.8 Å². The number of amides is 1. The van der Waals surface area contributed by atoms with Crippen molar-refractivity contribution in [2.45, 2.75) is 5.92 Å². The van der Waals surface area contributed by atoms with Gasteiger partial charge in [0.1, 0.15) is 5.92 Å². The minimum atomic E-state index is -0.586. The number of nitrogens with one attached hydrogen (secondary N) is 1. The number of para-hydroxylation sites is 1. The van der Waals surface area contributed by atoms with Crippen LogP contribution in [0.25, 0.3) is 0 Å². The fourth-order valence-electron chi connectivity index (χ4n) is 2.13. The van der Waals surface area contributed by atoms with E-state index in [4.69, 9.17) is 9.47 Å². The van der Waals surface area contributed by atoms with Crippen LogP contribution in [0.5, 0.6) is 12.0 Å². The predicted molar refractivity (Wildman–Crippen MR) is 69.8 cm³/mol. The lowest BCUT2D eigenvalue weighted by Gasteiger charge is -2.09. The molecule has 2 aromatic rings. The molecule has 0 bridgehead atoms. The highest BCUT2D eigenvalue weighted by molar-refractivity contribution is 6.04. The summed E-state index contributed by atoms with van der Waals surface area (Å²) in [5.41, 5.74) is 1.59. The molecule has 0 saturated heterocycles. The molecule has 1 N–H and O–H groups in total. The van der Waals surface area contributed by atoms with Gasteiger partial charge in [0.2, 0.25) is 5.91 Å². The van der Waals surface area contributed by atoms with E-state index in [1.54, 1.807) is 0 Å². The Kier molecular flexibility index (Phi) is 2.94. The summed E-state index contributed by atoms with van der Waals surface area (Å²) in [5, 5.41) is 2.80. The van der Waals surface area contributed by atoms with E-state index in [-0.39, 0.29) is 17.9 Å². The largest absolute Gasteiger partial charge is 0.467 e. The van der Waals surface area contributed by atoms with Crippen molar-refractivity contribution in [2.24, 2.45) is 0 Å². The maximum atomic E-state index is 12.1. The van der Waals surface area contributed by atoms with Gasteiger partial charge in [-0.25, -0.2) is 0 Å². The number of hydrogen-bond donors (Lipinski definition) is 1. The molecule has 1 atom stereocenters. The number of nitrogens with zero attached hydrogens (tertiary/aromatic N) is 3. The van der Waals surface area contributed by atoms with E-state index in [0.29, 0.717) is 5.82 Å². The second-order valence-electron chi connectivity index (χ2n) is 4.18. The smallest absolute Gasteiger partial charge is 0.322 e. The fourth-order valence-corrected chi connectivity index (χ4v) is 2.13. The monoisotopic (exact) mass is 272 g/mol. The number of fused-ring (bicyclic) bond motifs is 1. The lowest BCUT2D eigenvalue weighted by atomic mass is 10.0. The number of ether oxygens (including phenoxy) is 2. The molecule has 1 aromatic carbocycles. The van der Waals surface area contributed by atoms with Crippen molar-refractivity contribution in [1.82, 2.24) is 15.0 Å². The molecule has 1 unspecified atom stereocenters. The Balaban J connectivity index is 2.11. The number of aromatic nitrogens is 3. The first-order valence-corrected chi connectivity index (χ1v) is 5.96. The summed E-state index contributed by atoms with van der Waals surface area (Å²) in [6, 6.07) is 7.65. The van der Waals surface area contributed by atoms with Gasteiger partial charge in [0.15, 0.2) is 5.82 Å². The number of benzene rings is 1. The maximum absolute atomic E-state index is 12.1. The zero-order valence-corrected chi connectivity index (χ0v) is 11.0. The SMILES string of the molecule is COc1nc(OC)nc(C2C(=O)Nc3ccccc32)n1.